The van der Waals surface area contributed by atoms with Crippen LogP contribution in [0.4, 0.5) is 0 Å². The van der Waals surface area contributed by atoms with Crippen molar-refractivity contribution in [2.75, 3.05) is 33.9 Å². The summed E-state index contributed by atoms with van der Waals surface area (Å²) in [6.45, 7) is 6.40. The van der Waals surface area contributed by atoms with E-state index in [0.29, 0.717) is 5.11 Å². The highest BCUT2D eigenvalue weighted by atomic mass is 32.1. The van der Waals surface area contributed by atoms with E-state index in [-0.39, 0.29) is 6.10 Å². The van der Waals surface area contributed by atoms with Gasteiger partial charge in [-0.25, -0.2) is 0 Å². The van der Waals surface area contributed by atoms with Gasteiger partial charge in [0.2, 0.25) is 0 Å². The van der Waals surface area contributed by atoms with Gasteiger partial charge < -0.3 is 24.8 Å². The Balaban J connectivity index is 2.22. The smallest absolute Gasteiger partial charge is 0.166 e. The first-order valence-electron chi connectivity index (χ1n) is 7.91. The molecule has 1 rings (SSSR count). The maximum atomic E-state index is 5.48. The van der Waals surface area contributed by atoms with Crippen molar-refractivity contribution in [1.29, 1.82) is 0 Å². The Hall–Kier alpha value is -1.53. The fourth-order valence-electron chi connectivity index (χ4n) is 2.01. The topological polar surface area (TPSA) is 51.8 Å². The van der Waals surface area contributed by atoms with Crippen LogP contribution in [0, 0.1) is 0 Å². The number of nitrogens with one attached hydrogen (secondary N) is 2. The number of hydrogen-bond acceptors (Lipinski definition) is 4. The van der Waals surface area contributed by atoms with Crippen molar-refractivity contribution < 1.29 is 14.2 Å². The summed E-state index contributed by atoms with van der Waals surface area (Å²) >= 11 is 5.25. The number of thiocarbonyl (C=S) groups is 1. The normalized spacial score (nSPS) is 10.5. The van der Waals surface area contributed by atoms with Crippen molar-refractivity contribution >= 4 is 17.3 Å². The Labute approximate surface area is 144 Å². The summed E-state index contributed by atoms with van der Waals surface area (Å²) in [5, 5.41) is 7.06. The standard InChI is InChI=1S/C17H28N2O3S/c1-13(2)22-11-5-9-18-17(23)19-10-8-14-6-7-15(20-3)16(12-14)21-4/h6-7,12-13H,5,8-11H2,1-4H3,(H2,18,19,23). The summed E-state index contributed by atoms with van der Waals surface area (Å²) in [6.07, 6.45) is 2.08. The molecule has 6 heteroatoms. The van der Waals surface area contributed by atoms with Gasteiger partial charge in [0, 0.05) is 19.7 Å². The molecular weight excluding hydrogens is 312 g/mol. The first-order valence-corrected chi connectivity index (χ1v) is 8.31. The minimum Gasteiger partial charge on any atom is -0.493 e. The van der Waals surface area contributed by atoms with Gasteiger partial charge in [0.05, 0.1) is 20.3 Å². The van der Waals surface area contributed by atoms with E-state index in [9.17, 15) is 0 Å². The molecule has 0 saturated carbocycles. The number of benzene rings is 1. The molecule has 0 fully saturated rings. The Morgan fingerprint density at radius 2 is 1.78 bits per heavy atom. The molecule has 0 atom stereocenters. The summed E-state index contributed by atoms with van der Waals surface area (Å²) in [5.74, 6) is 1.49. The van der Waals surface area contributed by atoms with Gasteiger partial charge in [0.25, 0.3) is 0 Å². The van der Waals surface area contributed by atoms with Crippen molar-refractivity contribution in [2.24, 2.45) is 0 Å². The van der Waals surface area contributed by atoms with Gasteiger partial charge in [-0.3, -0.25) is 0 Å². The molecule has 0 aromatic heterocycles. The van der Waals surface area contributed by atoms with Crippen molar-refractivity contribution in [3.05, 3.63) is 23.8 Å². The molecule has 0 saturated heterocycles. The van der Waals surface area contributed by atoms with Gasteiger partial charge in [-0.15, -0.1) is 0 Å². The van der Waals surface area contributed by atoms with Crippen molar-refractivity contribution in [3.63, 3.8) is 0 Å². The SMILES string of the molecule is COc1ccc(CCNC(=S)NCCCOC(C)C)cc1OC. The molecule has 0 unspecified atom stereocenters. The second kappa shape index (κ2) is 11.1. The highest BCUT2D eigenvalue weighted by Crippen LogP contribution is 2.27. The predicted octanol–water partition coefficient (Wildman–Crippen LogP) is 2.53. The highest BCUT2D eigenvalue weighted by molar-refractivity contribution is 7.80. The third kappa shape index (κ3) is 8.04. The minimum absolute atomic E-state index is 0.279. The Bertz CT molecular complexity index is 481. The number of hydrogen-bond donors (Lipinski definition) is 2. The van der Waals surface area contributed by atoms with Crippen LogP contribution in [0.15, 0.2) is 18.2 Å². The van der Waals surface area contributed by atoms with Crippen LogP contribution < -0.4 is 20.1 Å². The van der Waals surface area contributed by atoms with Crippen LogP contribution in [-0.2, 0) is 11.2 Å². The molecular formula is C17H28N2O3S. The van der Waals surface area contributed by atoms with Crippen molar-refractivity contribution in [2.45, 2.75) is 32.8 Å². The lowest BCUT2D eigenvalue weighted by Crippen LogP contribution is -2.37. The lowest BCUT2D eigenvalue weighted by Gasteiger charge is -2.12. The van der Waals surface area contributed by atoms with Crippen LogP contribution in [0.3, 0.4) is 0 Å². The summed E-state index contributed by atoms with van der Waals surface area (Å²) < 4.78 is 16.0. The molecule has 1 aromatic rings. The largest absolute Gasteiger partial charge is 0.493 e. The maximum Gasteiger partial charge on any atom is 0.166 e. The molecule has 0 heterocycles. The average Bonchev–Trinajstić information content (AvgIpc) is 2.54. The molecule has 130 valence electrons. The Morgan fingerprint density at radius 3 is 2.43 bits per heavy atom. The zero-order chi connectivity index (χ0) is 17.1. The molecule has 0 spiro atoms. The number of rotatable bonds is 10. The van der Waals surface area contributed by atoms with Crippen molar-refractivity contribution in [3.8, 4) is 11.5 Å². The number of methoxy groups -OCH3 is 2. The zero-order valence-electron chi connectivity index (χ0n) is 14.5. The molecule has 0 aliphatic heterocycles. The van der Waals surface area contributed by atoms with Gasteiger partial charge >= 0.3 is 0 Å². The third-order valence-electron chi connectivity index (χ3n) is 3.21. The van der Waals surface area contributed by atoms with Gasteiger partial charge in [-0.2, -0.15) is 0 Å². The lowest BCUT2D eigenvalue weighted by atomic mass is 10.1. The van der Waals surface area contributed by atoms with E-state index in [1.165, 1.54) is 5.56 Å². The van der Waals surface area contributed by atoms with Gasteiger partial charge in [0.15, 0.2) is 16.6 Å². The van der Waals surface area contributed by atoms with Crippen LogP contribution in [0.5, 0.6) is 11.5 Å². The molecule has 23 heavy (non-hydrogen) atoms. The average molecular weight is 340 g/mol. The molecule has 0 amide bonds. The predicted molar refractivity (Wildman–Crippen MR) is 97.6 cm³/mol. The highest BCUT2D eigenvalue weighted by Gasteiger charge is 2.04. The van der Waals surface area contributed by atoms with E-state index in [1.807, 2.05) is 32.0 Å². The van der Waals surface area contributed by atoms with Gasteiger partial charge in [-0.1, -0.05) is 6.07 Å². The molecule has 5 nitrogen and oxygen atoms in total. The van der Waals surface area contributed by atoms with E-state index in [0.717, 1.165) is 44.0 Å². The molecule has 2 N–H and O–H groups in total. The van der Waals surface area contributed by atoms with Crippen LogP contribution >= 0.6 is 12.2 Å². The second-order valence-electron chi connectivity index (χ2n) is 5.40. The van der Waals surface area contributed by atoms with Crippen LogP contribution in [0.1, 0.15) is 25.8 Å². The van der Waals surface area contributed by atoms with Crippen LogP contribution in [0.2, 0.25) is 0 Å². The van der Waals surface area contributed by atoms with E-state index in [4.69, 9.17) is 26.4 Å². The van der Waals surface area contributed by atoms with Gasteiger partial charge in [-0.05, 0) is 56.6 Å². The van der Waals surface area contributed by atoms with Gasteiger partial charge in [0.1, 0.15) is 0 Å². The Morgan fingerprint density at radius 1 is 1.09 bits per heavy atom. The molecule has 0 radical (unpaired) electrons. The summed E-state index contributed by atoms with van der Waals surface area (Å²) in [7, 11) is 3.28. The fraction of sp³-hybridized carbons (Fsp3) is 0.588. The van der Waals surface area contributed by atoms with Crippen LogP contribution in [-0.4, -0.2) is 45.1 Å². The Kier molecular flexibility index (Phi) is 9.40. The number of ether oxygens (including phenoxy) is 3. The first kappa shape index (κ1) is 19.5. The van der Waals surface area contributed by atoms with Crippen molar-refractivity contribution in [1.82, 2.24) is 10.6 Å². The molecule has 1 aromatic carbocycles. The molecule has 0 aliphatic carbocycles. The quantitative estimate of drug-likeness (QED) is 0.504. The van der Waals surface area contributed by atoms with E-state index >= 15 is 0 Å². The zero-order valence-corrected chi connectivity index (χ0v) is 15.3. The molecule has 0 bridgehead atoms. The van der Waals surface area contributed by atoms with Crippen LogP contribution in [0.25, 0.3) is 0 Å². The van der Waals surface area contributed by atoms with E-state index in [2.05, 4.69) is 10.6 Å². The third-order valence-corrected chi connectivity index (χ3v) is 3.49. The minimum atomic E-state index is 0.279. The summed E-state index contributed by atoms with van der Waals surface area (Å²) in [6, 6.07) is 5.93. The van der Waals surface area contributed by atoms with E-state index in [1.54, 1.807) is 14.2 Å². The summed E-state index contributed by atoms with van der Waals surface area (Å²) in [4.78, 5) is 0. The van der Waals surface area contributed by atoms with E-state index < -0.39 is 0 Å². The first-order chi connectivity index (χ1) is 11.1. The lowest BCUT2D eigenvalue weighted by molar-refractivity contribution is 0.0777. The fourth-order valence-corrected chi connectivity index (χ4v) is 2.22. The molecule has 0 aliphatic rings. The monoisotopic (exact) mass is 340 g/mol. The second-order valence-corrected chi connectivity index (χ2v) is 5.80. The maximum absolute atomic E-state index is 5.48. The summed E-state index contributed by atoms with van der Waals surface area (Å²) in [5.41, 5.74) is 1.17.